The SMILES string of the molecule is CC/C=C\C/C=C\C/C=C\C/C=C\C/C=C\C/C=C\C/C=C\CCCCCCCCCC(=O)NC(COP(=O)([O-])OCC[N+](C)(C)C)C(O)/C=C/CC/C=C/CCCCCCCCCCCCCCCCCCCCCCCCCCC. The summed E-state index contributed by atoms with van der Waals surface area (Å²) in [4.78, 5) is 25.6. The molecule has 2 N–H and O–H groups in total. The standard InChI is InChI=1S/C73H131N2O6P/c1-6-8-10-12-14-16-18-20-22-24-26-28-30-32-34-36-37-39-40-42-44-46-48-50-52-54-56-58-60-62-64-66-72(76)71(70-81-82(78,79)80-69-68-75(3,4)5)74-73(77)67-65-63-61-59-57-55-53-51-49-47-45-43-41-38-35-33-31-29-27-25-23-21-19-17-15-13-11-9-7-2/h9,11,15,17,21,23,27,29,33,35,41,43,47,49,56,58,64,66,71-72,76H,6-8,10,12-14,16,18-20,22,24-26,28,30-32,34,36-40,42,44-46,48,50-55,57,59-63,65,67-70H2,1-5H3,(H-,74,77,78,79)/b11-9-,17-15-,23-21-,29-27-,35-33-,43-41-,49-47-,58-56+,66-64+. The molecule has 0 saturated heterocycles. The molecule has 0 bridgehead atoms. The first kappa shape index (κ1) is 79.2. The number of phosphoric acid groups is 1. The summed E-state index contributed by atoms with van der Waals surface area (Å²) in [5.74, 6) is -0.220. The lowest BCUT2D eigenvalue weighted by molar-refractivity contribution is -0.870. The highest BCUT2D eigenvalue weighted by Crippen LogP contribution is 2.38. The van der Waals surface area contributed by atoms with Crippen LogP contribution in [0, 0.1) is 0 Å². The van der Waals surface area contributed by atoms with Crippen molar-refractivity contribution in [1.29, 1.82) is 0 Å². The third-order valence-corrected chi connectivity index (χ3v) is 15.9. The first-order valence-electron chi connectivity index (χ1n) is 34.2. The molecule has 8 nitrogen and oxygen atoms in total. The Morgan fingerprint density at radius 2 is 0.756 bits per heavy atom. The number of quaternary nitrogens is 1. The summed E-state index contributed by atoms with van der Waals surface area (Å²) in [7, 11) is 1.23. The van der Waals surface area contributed by atoms with Crippen molar-refractivity contribution in [3.05, 3.63) is 109 Å². The number of hydrogen-bond donors (Lipinski definition) is 2. The second kappa shape index (κ2) is 62.7. The highest BCUT2D eigenvalue weighted by atomic mass is 31.2. The van der Waals surface area contributed by atoms with E-state index in [1.807, 2.05) is 27.2 Å². The predicted molar refractivity (Wildman–Crippen MR) is 357 cm³/mol. The molecule has 9 heteroatoms. The van der Waals surface area contributed by atoms with Crippen molar-refractivity contribution in [1.82, 2.24) is 5.32 Å². The van der Waals surface area contributed by atoms with Gasteiger partial charge in [0.15, 0.2) is 0 Å². The minimum atomic E-state index is -4.62. The largest absolute Gasteiger partial charge is 0.756 e. The van der Waals surface area contributed by atoms with Gasteiger partial charge in [-0.3, -0.25) is 9.36 Å². The summed E-state index contributed by atoms with van der Waals surface area (Å²) in [6.45, 7) is 4.52. The third kappa shape index (κ3) is 64.7. The van der Waals surface area contributed by atoms with Gasteiger partial charge in [0.25, 0.3) is 7.82 Å². The Bertz CT molecular complexity index is 1700. The Hall–Kier alpha value is -2.84. The maximum Gasteiger partial charge on any atom is 0.268 e. The van der Waals surface area contributed by atoms with Gasteiger partial charge in [-0.1, -0.05) is 309 Å². The molecule has 82 heavy (non-hydrogen) atoms. The molecule has 3 atom stereocenters. The first-order valence-corrected chi connectivity index (χ1v) is 35.7. The zero-order valence-electron chi connectivity index (χ0n) is 54.2. The second-order valence-electron chi connectivity index (χ2n) is 24.1. The molecule has 0 aliphatic carbocycles. The van der Waals surface area contributed by atoms with E-state index in [0.29, 0.717) is 17.4 Å². The van der Waals surface area contributed by atoms with Crippen LogP contribution >= 0.6 is 7.82 Å². The lowest BCUT2D eigenvalue weighted by Gasteiger charge is -2.29. The number of amides is 1. The molecule has 474 valence electrons. The zero-order valence-corrected chi connectivity index (χ0v) is 55.1. The number of allylic oxidation sites excluding steroid dienone is 17. The topological polar surface area (TPSA) is 108 Å². The van der Waals surface area contributed by atoms with E-state index in [4.69, 9.17) is 9.05 Å². The van der Waals surface area contributed by atoms with Crippen molar-refractivity contribution >= 4 is 13.7 Å². The molecule has 1 amide bonds. The maximum atomic E-state index is 13.0. The number of phosphoric ester groups is 1. The molecule has 0 aromatic rings. The molecule has 0 fully saturated rings. The number of unbranched alkanes of at least 4 members (excludes halogenated alkanes) is 33. The van der Waals surface area contributed by atoms with E-state index in [9.17, 15) is 19.4 Å². The van der Waals surface area contributed by atoms with Gasteiger partial charge in [0, 0.05) is 6.42 Å². The minimum Gasteiger partial charge on any atom is -0.756 e. The highest BCUT2D eigenvalue weighted by Gasteiger charge is 2.23. The molecule has 0 aliphatic heterocycles. The van der Waals surface area contributed by atoms with Gasteiger partial charge in [0.1, 0.15) is 13.2 Å². The summed E-state index contributed by atoms with van der Waals surface area (Å²) >= 11 is 0. The number of nitrogens with one attached hydrogen (secondary N) is 1. The van der Waals surface area contributed by atoms with Crippen molar-refractivity contribution in [2.24, 2.45) is 0 Å². The molecular weight excluding hydrogens is 1030 g/mol. The Morgan fingerprint density at radius 3 is 1.13 bits per heavy atom. The summed E-state index contributed by atoms with van der Waals surface area (Å²) < 4.78 is 23.4. The van der Waals surface area contributed by atoms with Gasteiger partial charge < -0.3 is 28.8 Å². The number of carbonyl (C=O) groups excluding carboxylic acids is 1. The van der Waals surface area contributed by atoms with Crippen molar-refractivity contribution in [2.75, 3.05) is 40.9 Å². The highest BCUT2D eigenvalue weighted by molar-refractivity contribution is 7.45. The number of carbonyl (C=O) groups is 1. The van der Waals surface area contributed by atoms with Crippen molar-refractivity contribution in [3.8, 4) is 0 Å². The normalized spacial score (nSPS) is 14.4. The summed E-state index contributed by atoms with van der Waals surface area (Å²) in [6.07, 6.45) is 92.1. The van der Waals surface area contributed by atoms with Crippen LogP contribution in [-0.2, 0) is 18.4 Å². The van der Waals surface area contributed by atoms with E-state index >= 15 is 0 Å². The van der Waals surface area contributed by atoms with Crippen LogP contribution in [0.25, 0.3) is 0 Å². The van der Waals surface area contributed by atoms with Crippen LogP contribution in [0.2, 0.25) is 0 Å². The minimum absolute atomic E-state index is 0.0141. The van der Waals surface area contributed by atoms with E-state index in [2.05, 4.69) is 116 Å². The van der Waals surface area contributed by atoms with Gasteiger partial charge in [-0.2, -0.15) is 0 Å². The summed E-state index contributed by atoms with van der Waals surface area (Å²) in [5, 5.41) is 13.9. The monoisotopic (exact) mass is 1160 g/mol. The average molecular weight is 1160 g/mol. The molecule has 0 rings (SSSR count). The van der Waals surface area contributed by atoms with E-state index in [1.54, 1.807) is 6.08 Å². The fraction of sp³-hybridized carbons (Fsp3) is 0.740. The smallest absolute Gasteiger partial charge is 0.268 e. The fourth-order valence-electron chi connectivity index (χ4n) is 9.68. The van der Waals surface area contributed by atoms with Gasteiger partial charge in [-0.15, -0.1) is 0 Å². The van der Waals surface area contributed by atoms with Crippen LogP contribution in [0.3, 0.4) is 0 Å². The van der Waals surface area contributed by atoms with Crippen LogP contribution in [0.1, 0.15) is 296 Å². The number of rotatable bonds is 62. The Kier molecular flexibility index (Phi) is 60.5. The molecule has 0 spiro atoms. The summed E-state index contributed by atoms with van der Waals surface area (Å²) in [5.41, 5.74) is 0. The lowest BCUT2D eigenvalue weighted by Crippen LogP contribution is -2.45. The zero-order chi connectivity index (χ0) is 59.8. The van der Waals surface area contributed by atoms with Crippen molar-refractivity contribution < 1.29 is 32.9 Å². The Balaban J connectivity index is 4.19. The predicted octanol–water partition coefficient (Wildman–Crippen LogP) is 21.2. The van der Waals surface area contributed by atoms with Crippen LogP contribution in [0.4, 0.5) is 0 Å². The Morgan fingerprint density at radius 1 is 0.439 bits per heavy atom. The number of nitrogens with zero attached hydrogens (tertiary/aromatic N) is 1. The number of hydrogen-bond acceptors (Lipinski definition) is 6. The van der Waals surface area contributed by atoms with Crippen LogP contribution < -0.4 is 10.2 Å². The molecule has 3 unspecified atom stereocenters. The van der Waals surface area contributed by atoms with Crippen molar-refractivity contribution in [2.45, 2.75) is 309 Å². The number of likely N-dealkylation sites (N-methyl/N-ethyl adjacent to an activating group) is 1. The molecule has 0 aromatic carbocycles. The lowest BCUT2D eigenvalue weighted by atomic mass is 10.0. The molecule has 0 saturated carbocycles. The Labute approximate surface area is 508 Å². The van der Waals surface area contributed by atoms with Gasteiger partial charge in [0.2, 0.25) is 5.91 Å². The van der Waals surface area contributed by atoms with Gasteiger partial charge in [-0.05, 0) is 89.9 Å². The fourth-order valence-corrected chi connectivity index (χ4v) is 10.4. The molecular formula is C73H131N2O6P. The van der Waals surface area contributed by atoms with E-state index in [0.717, 1.165) is 96.3 Å². The molecule has 0 aliphatic rings. The van der Waals surface area contributed by atoms with E-state index in [-0.39, 0.29) is 12.5 Å². The maximum absolute atomic E-state index is 13.0. The first-order chi connectivity index (χ1) is 40.0. The second-order valence-corrected chi connectivity index (χ2v) is 25.6. The van der Waals surface area contributed by atoms with E-state index in [1.165, 1.54) is 180 Å². The van der Waals surface area contributed by atoms with Gasteiger partial charge >= 0.3 is 0 Å². The average Bonchev–Trinajstić information content (AvgIpc) is 3.47. The third-order valence-electron chi connectivity index (χ3n) is 15.0. The van der Waals surface area contributed by atoms with Gasteiger partial charge in [-0.25, -0.2) is 0 Å². The number of aliphatic hydroxyl groups excluding tert-OH is 1. The molecule has 0 radical (unpaired) electrons. The summed E-state index contributed by atoms with van der Waals surface area (Å²) in [6, 6.07) is -0.920. The molecule has 0 aromatic heterocycles. The van der Waals surface area contributed by atoms with Crippen LogP contribution in [-0.4, -0.2) is 68.5 Å². The van der Waals surface area contributed by atoms with Crippen LogP contribution in [0.5, 0.6) is 0 Å². The van der Waals surface area contributed by atoms with Crippen LogP contribution in [0.15, 0.2) is 109 Å². The molecule has 0 heterocycles. The quantitative estimate of drug-likeness (QED) is 0.0272. The number of aliphatic hydroxyl groups is 1. The van der Waals surface area contributed by atoms with Crippen molar-refractivity contribution in [3.63, 3.8) is 0 Å². The van der Waals surface area contributed by atoms with E-state index < -0.39 is 26.6 Å². The van der Waals surface area contributed by atoms with Gasteiger partial charge in [0.05, 0.1) is 39.9 Å².